The smallest absolute Gasteiger partial charge is 0.113 e. The van der Waals surface area contributed by atoms with Crippen LogP contribution in [-0.2, 0) is 11.8 Å². The molecule has 0 spiro atoms. The molecule has 0 saturated heterocycles. The summed E-state index contributed by atoms with van der Waals surface area (Å²) < 4.78 is 0. The lowest BCUT2D eigenvalue weighted by molar-refractivity contribution is 0.110. The van der Waals surface area contributed by atoms with Gasteiger partial charge >= 0.3 is 0 Å². The third-order valence-electron chi connectivity index (χ3n) is 4.67. The number of nitriles is 1. The van der Waals surface area contributed by atoms with E-state index in [9.17, 15) is 10.4 Å². The Balaban J connectivity index is 2.11. The van der Waals surface area contributed by atoms with E-state index in [1.54, 1.807) is 0 Å². The molecule has 0 heterocycles. The van der Waals surface area contributed by atoms with Crippen LogP contribution in [0.5, 0.6) is 0 Å². The van der Waals surface area contributed by atoms with Crippen molar-refractivity contribution in [2.45, 2.75) is 38.2 Å². The first kappa shape index (κ1) is 13.9. The predicted molar refractivity (Wildman–Crippen MR) is 82.9 cm³/mol. The summed E-state index contributed by atoms with van der Waals surface area (Å²) in [5.74, 6) is 0. The van der Waals surface area contributed by atoms with Gasteiger partial charge in [-0.25, -0.2) is 0 Å². The van der Waals surface area contributed by atoms with Crippen molar-refractivity contribution in [3.8, 4) is 6.07 Å². The van der Waals surface area contributed by atoms with Crippen molar-refractivity contribution in [2.24, 2.45) is 0 Å². The maximum absolute atomic E-state index is 11.0. The van der Waals surface area contributed by atoms with Crippen LogP contribution in [0.15, 0.2) is 42.5 Å². The maximum atomic E-state index is 11.0. The molecule has 2 aromatic rings. The Morgan fingerprint density at radius 2 is 1.95 bits per heavy atom. The van der Waals surface area contributed by atoms with Gasteiger partial charge in [0, 0.05) is 0 Å². The number of aliphatic hydroxyl groups is 1. The Morgan fingerprint density at radius 1 is 1.19 bits per heavy atom. The zero-order valence-electron chi connectivity index (χ0n) is 12.4. The summed E-state index contributed by atoms with van der Waals surface area (Å²) in [6.07, 6.45) is 0.745. The molecule has 0 saturated carbocycles. The van der Waals surface area contributed by atoms with E-state index < -0.39 is 11.5 Å². The highest BCUT2D eigenvalue weighted by molar-refractivity contribution is 5.48. The molecular formula is C19H19NO. The van der Waals surface area contributed by atoms with Crippen LogP contribution in [0.3, 0.4) is 0 Å². The molecule has 3 rings (SSSR count). The highest BCUT2D eigenvalue weighted by Crippen LogP contribution is 2.47. The number of aliphatic hydroxyl groups excluding tert-OH is 1. The topological polar surface area (TPSA) is 44.0 Å². The van der Waals surface area contributed by atoms with Crippen molar-refractivity contribution in [3.63, 3.8) is 0 Å². The number of hydrogen-bond donors (Lipinski definition) is 1. The minimum absolute atomic E-state index is 0.678. The molecule has 0 amide bonds. The summed E-state index contributed by atoms with van der Waals surface area (Å²) in [6.45, 7) is 4.03. The van der Waals surface area contributed by atoms with E-state index in [4.69, 9.17) is 0 Å². The van der Waals surface area contributed by atoms with E-state index in [2.05, 4.69) is 18.2 Å². The molecule has 0 fully saturated rings. The van der Waals surface area contributed by atoms with Gasteiger partial charge in [0.25, 0.3) is 0 Å². The fourth-order valence-electron chi connectivity index (χ4n) is 3.50. The highest BCUT2D eigenvalue weighted by atomic mass is 16.3. The molecule has 0 aromatic heterocycles. The number of benzene rings is 2. The van der Waals surface area contributed by atoms with Gasteiger partial charge in [-0.05, 0) is 48.9 Å². The molecule has 2 heteroatoms. The van der Waals surface area contributed by atoms with E-state index in [1.165, 1.54) is 11.1 Å². The van der Waals surface area contributed by atoms with E-state index in [0.717, 1.165) is 23.1 Å². The minimum atomic E-state index is -0.823. The van der Waals surface area contributed by atoms with E-state index in [0.29, 0.717) is 6.42 Å². The van der Waals surface area contributed by atoms with Crippen molar-refractivity contribution in [1.82, 2.24) is 0 Å². The van der Waals surface area contributed by atoms with Crippen molar-refractivity contribution < 1.29 is 5.11 Å². The summed E-state index contributed by atoms with van der Waals surface area (Å²) in [4.78, 5) is 0. The largest absolute Gasteiger partial charge is 0.386 e. The number of hydrogen-bond acceptors (Lipinski definition) is 2. The minimum Gasteiger partial charge on any atom is -0.386 e. The number of rotatable bonds is 2. The molecule has 21 heavy (non-hydrogen) atoms. The molecule has 2 aromatic carbocycles. The van der Waals surface area contributed by atoms with Crippen molar-refractivity contribution in [3.05, 3.63) is 70.3 Å². The molecule has 2 atom stereocenters. The van der Waals surface area contributed by atoms with Gasteiger partial charge in [-0.15, -0.1) is 0 Å². The van der Waals surface area contributed by atoms with Crippen LogP contribution in [0.4, 0.5) is 0 Å². The van der Waals surface area contributed by atoms with E-state index in [1.807, 2.05) is 44.2 Å². The summed E-state index contributed by atoms with van der Waals surface area (Å²) in [7, 11) is 0. The normalized spacial score (nSPS) is 21.6. The first-order valence-corrected chi connectivity index (χ1v) is 7.33. The second kappa shape index (κ2) is 5.02. The Hall–Kier alpha value is -2.11. The van der Waals surface area contributed by atoms with Gasteiger partial charge in [0.2, 0.25) is 0 Å². The van der Waals surface area contributed by atoms with Gasteiger partial charge in [-0.1, -0.05) is 48.0 Å². The molecule has 2 nitrogen and oxygen atoms in total. The average molecular weight is 277 g/mol. The van der Waals surface area contributed by atoms with Crippen LogP contribution in [0.2, 0.25) is 0 Å². The molecule has 1 aliphatic carbocycles. The van der Waals surface area contributed by atoms with Gasteiger partial charge in [0.05, 0.1) is 6.07 Å². The molecule has 106 valence electrons. The summed E-state index contributed by atoms with van der Waals surface area (Å²) in [5.41, 5.74) is 4.42. The number of fused-ring (bicyclic) bond motifs is 1. The van der Waals surface area contributed by atoms with Crippen molar-refractivity contribution in [2.75, 3.05) is 0 Å². The van der Waals surface area contributed by atoms with Gasteiger partial charge in [0.1, 0.15) is 11.5 Å². The summed E-state index contributed by atoms with van der Waals surface area (Å²) in [5, 5.41) is 20.8. The van der Waals surface area contributed by atoms with Gasteiger partial charge in [0.15, 0.2) is 0 Å². The monoisotopic (exact) mass is 277 g/mol. The van der Waals surface area contributed by atoms with Crippen LogP contribution < -0.4 is 0 Å². The number of nitrogens with zero attached hydrogens (tertiary/aromatic N) is 1. The third-order valence-corrected chi connectivity index (χ3v) is 4.67. The van der Waals surface area contributed by atoms with Crippen LogP contribution in [0.25, 0.3) is 0 Å². The van der Waals surface area contributed by atoms with Crippen LogP contribution in [0.1, 0.15) is 40.3 Å². The summed E-state index contributed by atoms with van der Waals surface area (Å²) in [6, 6.07) is 16.4. The molecule has 1 N–H and O–H groups in total. The Kier molecular flexibility index (Phi) is 3.31. The Labute approximate surface area is 125 Å². The molecule has 0 bridgehead atoms. The molecule has 2 unspecified atom stereocenters. The van der Waals surface area contributed by atoms with Crippen molar-refractivity contribution in [1.29, 1.82) is 5.26 Å². The Bertz CT molecular complexity index is 729. The summed E-state index contributed by atoms with van der Waals surface area (Å²) >= 11 is 0. The fraction of sp³-hybridized carbons (Fsp3) is 0.316. The third kappa shape index (κ3) is 2.05. The van der Waals surface area contributed by atoms with E-state index >= 15 is 0 Å². The maximum Gasteiger partial charge on any atom is 0.113 e. The zero-order chi connectivity index (χ0) is 15.0. The SMILES string of the molecule is Cc1ccc(C(O)C2(C#N)CCc3ccccc32)c(C)c1. The number of aryl methyl sites for hydroxylation is 3. The lowest BCUT2D eigenvalue weighted by atomic mass is 9.74. The second-order valence-corrected chi connectivity index (χ2v) is 6.00. The van der Waals surface area contributed by atoms with Crippen LogP contribution >= 0.6 is 0 Å². The first-order valence-electron chi connectivity index (χ1n) is 7.33. The van der Waals surface area contributed by atoms with Crippen LogP contribution in [0, 0.1) is 25.2 Å². The first-order chi connectivity index (χ1) is 10.1. The Morgan fingerprint density at radius 3 is 2.67 bits per heavy atom. The zero-order valence-corrected chi connectivity index (χ0v) is 12.4. The van der Waals surface area contributed by atoms with Gasteiger partial charge in [-0.3, -0.25) is 0 Å². The fourth-order valence-corrected chi connectivity index (χ4v) is 3.50. The average Bonchev–Trinajstić information content (AvgIpc) is 2.87. The predicted octanol–water partition coefficient (Wildman–Crippen LogP) is 3.74. The van der Waals surface area contributed by atoms with Gasteiger partial charge < -0.3 is 5.11 Å². The van der Waals surface area contributed by atoms with Crippen LogP contribution in [-0.4, -0.2) is 5.11 Å². The molecule has 0 aliphatic heterocycles. The standard InChI is InChI=1S/C19H19NO/c1-13-7-8-16(14(2)11-13)18(21)19(12-20)10-9-15-5-3-4-6-17(15)19/h3-8,11,18,21H,9-10H2,1-2H3. The van der Waals surface area contributed by atoms with Crippen molar-refractivity contribution >= 4 is 0 Å². The molecule has 1 aliphatic rings. The lowest BCUT2D eigenvalue weighted by Crippen LogP contribution is -2.30. The lowest BCUT2D eigenvalue weighted by Gasteiger charge is -2.30. The van der Waals surface area contributed by atoms with E-state index in [-0.39, 0.29) is 0 Å². The molecular weight excluding hydrogens is 258 g/mol. The quantitative estimate of drug-likeness (QED) is 0.908. The second-order valence-electron chi connectivity index (χ2n) is 6.00. The molecule has 0 radical (unpaired) electrons. The van der Waals surface area contributed by atoms with Gasteiger partial charge in [-0.2, -0.15) is 5.26 Å². The highest BCUT2D eigenvalue weighted by Gasteiger charge is 2.46.